The Balaban J connectivity index is 3.02. The minimum Gasteiger partial charge on any atom is -0.330 e. The molecule has 0 aliphatic rings. The lowest BCUT2D eigenvalue weighted by atomic mass is 9.72. The van der Waals surface area contributed by atoms with E-state index >= 15 is 0 Å². The fourth-order valence-electron chi connectivity index (χ4n) is 2.96. The molecule has 6 nitrogen and oxygen atoms in total. The summed E-state index contributed by atoms with van der Waals surface area (Å²) in [6.45, 7) is 13.7. The molecule has 2 atom stereocenters. The summed E-state index contributed by atoms with van der Waals surface area (Å²) in [7, 11) is 0. The van der Waals surface area contributed by atoms with Crippen LogP contribution in [0.4, 0.5) is 0 Å². The Morgan fingerprint density at radius 1 is 1.00 bits per heavy atom. The van der Waals surface area contributed by atoms with E-state index in [4.69, 9.17) is 11.5 Å². The van der Waals surface area contributed by atoms with Crippen LogP contribution in [0.1, 0.15) is 51.8 Å². The number of rotatable bonds is 12. The summed E-state index contributed by atoms with van der Waals surface area (Å²) in [6, 6.07) is 0. The van der Waals surface area contributed by atoms with Crippen LogP contribution in [0.25, 0.3) is 0 Å². The summed E-state index contributed by atoms with van der Waals surface area (Å²) in [5, 5.41) is 14.3. The molecule has 2 unspecified atom stereocenters. The number of hydrogen-bond acceptors (Lipinski definition) is 5. The van der Waals surface area contributed by atoms with Gasteiger partial charge in [-0.2, -0.15) is 5.10 Å². The zero-order chi connectivity index (χ0) is 17.3. The predicted octanol–water partition coefficient (Wildman–Crippen LogP) is 0.842. The van der Waals surface area contributed by atoms with Crippen molar-refractivity contribution in [2.75, 3.05) is 39.3 Å². The van der Waals surface area contributed by atoms with Crippen LogP contribution in [0.15, 0.2) is 6.20 Å². The Bertz CT molecular complexity index is 408. The zero-order valence-corrected chi connectivity index (χ0v) is 15.3. The number of aromatic amines is 1. The Morgan fingerprint density at radius 2 is 1.52 bits per heavy atom. The average Bonchev–Trinajstić information content (AvgIpc) is 3.06. The summed E-state index contributed by atoms with van der Waals surface area (Å²) >= 11 is 0. The third-order valence-corrected chi connectivity index (χ3v) is 5.00. The maximum atomic E-state index is 6.14. The van der Waals surface area contributed by atoms with Gasteiger partial charge in [0.1, 0.15) is 0 Å². The van der Waals surface area contributed by atoms with Crippen molar-refractivity contribution in [3.8, 4) is 0 Å². The van der Waals surface area contributed by atoms with E-state index in [0.29, 0.717) is 13.1 Å². The normalized spacial score (nSPS) is 17.0. The van der Waals surface area contributed by atoms with Gasteiger partial charge in [0.05, 0.1) is 6.20 Å². The number of aromatic nitrogens is 2. The molecule has 0 saturated heterocycles. The molecule has 1 rings (SSSR count). The van der Waals surface area contributed by atoms with Gasteiger partial charge in [0.15, 0.2) is 0 Å². The first-order valence-electron chi connectivity index (χ1n) is 8.83. The highest BCUT2D eigenvalue weighted by atomic mass is 15.1. The van der Waals surface area contributed by atoms with Crippen molar-refractivity contribution >= 4 is 0 Å². The van der Waals surface area contributed by atoms with Crippen LogP contribution in [-0.4, -0.2) is 49.5 Å². The SMILES string of the molecule is CCNCCC(C)(CN)c1cn[nH]c1C(C)(CN)CCNCC. The van der Waals surface area contributed by atoms with Crippen LogP contribution in [0, 0.1) is 0 Å². The lowest BCUT2D eigenvalue weighted by Crippen LogP contribution is -2.41. The van der Waals surface area contributed by atoms with Crippen LogP contribution in [0.2, 0.25) is 0 Å². The quantitative estimate of drug-likeness (QED) is 0.367. The van der Waals surface area contributed by atoms with Crippen molar-refractivity contribution in [1.82, 2.24) is 20.8 Å². The molecule has 7 N–H and O–H groups in total. The summed E-state index contributed by atoms with van der Waals surface area (Å²) in [5.74, 6) is 0. The van der Waals surface area contributed by atoms with Gasteiger partial charge in [-0.05, 0) is 39.0 Å². The number of nitrogens with zero attached hydrogens (tertiary/aromatic N) is 1. The number of nitrogens with one attached hydrogen (secondary N) is 3. The van der Waals surface area contributed by atoms with Gasteiger partial charge in [-0.1, -0.05) is 27.7 Å². The van der Waals surface area contributed by atoms with Crippen LogP contribution in [-0.2, 0) is 10.8 Å². The zero-order valence-electron chi connectivity index (χ0n) is 15.3. The second kappa shape index (κ2) is 9.37. The highest BCUT2D eigenvalue weighted by molar-refractivity contribution is 5.33. The molecule has 0 aromatic carbocycles. The first-order chi connectivity index (χ1) is 11.0. The largest absolute Gasteiger partial charge is 0.330 e. The molecule has 0 fully saturated rings. The number of hydrogen-bond donors (Lipinski definition) is 5. The van der Waals surface area contributed by atoms with Gasteiger partial charge >= 0.3 is 0 Å². The summed E-state index contributed by atoms with van der Waals surface area (Å²) in [5.41, 5.74) is 14.4. The van der Waals surface area contributed by atoms with Gasteiger partial charge < -0.3 is 22.1 Å². The van der Waals surface area contributed by atoms with Crippen LogP contribution in [0.5, 0.6) is 0 Å². The lowest BCUT2D eigenvalue weighted by Gasteiger charge is -2.34. The highest BCUT2D eigenvalue weighted by Crippen LogP contribution is 2.35. The monoisotopic (exact) mass is 324 g/mol. The second-order valence-corrected chi connectivity index (χ2v) is 6.90. The Morgan fingerprint density at radius 3 is 2.00 bits per heavy atom. The molecule has 1 aromatic heterocycles. The molecular formula is C17H36N6. The van der Waals surface area contributed by atoms with E-state index in [0.717, 1.165) is 44.7 Å². The summed E-state index contributed by atoms with van der Waals surface area (Å²) in [6.07, 6.45) is 3.90. The van der Waals surface area contributed by atoms with Crippen LogP contribution in [0.3, 0.4) is 0 Å². The van der Waals surface area contributed by atoms with Crippen molar-refractivity contribution in [1.29, 1.82) is 0 Å². The molecule has 0 aliphatic heterocycles. The molecule has 0 radical (unpaired) electrons. The van der Waals surface area contributed by atoms with Crippen LogP contribution < -0.4 is 22.1 Å². The van der Waals surface area contributed by atoms with E-state index < -0.39 is 0 Å². The van der Waals surface area contributed by atoms with E-state index in [-0.39, 0.29) is 10.8 Å². The second-order valence-electron chi connectivity index (χ2n) is 6.90. The molecule has 0 bridgehead atoms. The van der Waals surface area contributed by atoms with Crippen molar-refractivity contribution in [2.24, 2.45) is 11.5 Å². The minimum absolute atomic E-state index is 0.0981. The van der Waals surface area contributed by atoms with Crippen molar-refractivity contribution in [3.05, 3.63) is 17.5 Å². The first kappa shape index (κ1) is 20.1. The molecule has 0 spiro atoms. The molecule has 134 valence electrons. The van der Waals surface area contributed by atoms with Gasteiger partial charge in [-0.15, -0.1) is 0 Å². The topological polar surface area (TPSA) is 105 Å². The minimum atomic E-state index is -0.122. The van der Waals surface area contributed by atoms with Crippen molar-refractivity contribution < 1.29 is 0 Å². The fraction of sp³-hybridized carbons (Fsp3) is 0.824. The van der Waals surface area contributed by atoms with E-state index in [1.54, 1.807) is 0 Å². The molecule has 1 heterocycles. The van der Waals surface area contributed by atoms with E-state index in [1.165, 1.54) is 5.56 Å². The van der Waals surface area contributed by atoms with Gasteiger partial charge in [0.25, 0.3) is 0 Å². The fourth-order valence-corrected chi connectivity index (χ4v) is 2.96. The van der Waals surface area contributed by atoms with Crippen LogP contribution >= 0.6 is 0 Å². The van der Waals surface area contributed by atoms with Gasteiger partial charge in [0.2, 0.25) is 0 Å². The van der Waals surface area contributed by atoms with Crippen molar-refractivity contribution in [3.63, 3.8) is 0 Å². The molecule has 0 saturated carbocycles. The Labute approximate surface area is 141 Å². The molecule has 0 amide bonds. The molecular weight excluding hydrogens is 288 g/mol. The maximum absolute atomic E-state index is 6.14. The Hall–Kier alpha value is -0.950. The van der Waals surface area contributed by atoms with E-state index in [9.17, 15) is 0 Å². The van der Waals surface area contributed by atoms with E-state index in [2.05, 4.69) is 48.5 Å². The molecule has 1 aromatic rings. The average molecular weight is 325 g/mol. The first-order valence-corrected chi connectivity index (χ1v) is 8.83. The number of nitrogens with two attached hydrogens (primary N) is 2. The van der Waals surface area contributed by atoms with Gasteiger partial charge in [-0.25, -0.2) is 0 Å². The molecule has 0 aliphatic carbocycles. The number of H-pyrrole nitrogens is 1. The van der Waals surface area contributed by atoms with Gasteiger partial charge in [-0.3, -0.25) is 5.10 Å². The third-order valence-electron chi connectivity index (χ3n) is 5.00. The third kappa shape index (κ3) is 5.01. The lowest BCUT2D eigenvalue weighted by molar-refractivity contribution is 0.386. The highest BCUT2D eigenvalue weighted by Gasteiger charge is 2.36. The summed E-state index contributed by atoms with van der Waals surface area (Å²) < 4.78 is 0. The Kier molecular flexibility index (Phi) is 8.19. The predicted molar refractivity (Wildman–Crippen MR) is 97.7 cm³/mol. The van der Waals surface area contributed by atoms with Crippen molar-refractivity contribution in [2.45, 2.75) is 51.4 Å². The maximum Gasteiger partial charge on any atom is 0.0528 e. The standard InChI is InChI=1S/C17H36N6/c1-5-20-9-7-16(3,12-18)14-11-22-23-15(14)17(4,13-19)8-10-21-6-2/h11,20-21H,5-10,12-13,18-19H2,1-4H3,(H,22,23). The van der Waals surface area contributed by atoms with E-state index in [1.807, 2.05) is 6.20 Å². The summed E-state index contributed by atoms with van der Waals surface area (Å²) in [4.78, 5) is 0. The molecule has 23 heavy (non-hydrogen) atoms. The van der Waals surface area contributed by atoms with Gasteiger partial charge in [0, 0.05) is 35.2 Å². The molecule has 6 heteroatoms. The smallest absolute Gasteiger partial charge is 0.0528 e.